The molecule has 0 aliphatic rings. The van der Waals surface area contributed by atoms with Gasteiger partial charge in [-0.3, -0.25) is 35.0 Å². The van der Waals surface area contributed by atoms with Crippen molar-refractivity contribution in [1.29, 1.82) is 0 Å². The van der Waals surface area contributed by atoms with Crippen molar-refractivity contribution in [2.45, 2.75) is 0 Å². The molecule has 0 saturated heterocycles. The van der Waals surface area contributed by atoms with Gasteiger partial charge in [0.25, 0.3) is 11.6 Å². The minimum atomic E-state index is -0.741. The lowest BCUT2D eigenvalue weighted by Gasteiger charge is -2.01. The van der Waals surface area contributed by atoms with E-state index >= 15 is 0 Å². The molecule has 1 aromatic carbocycles. The fourth-order valence-corrected chi connectivity index (χ4v) is 2.95. The maximum Gasteiger partial charge on any atom is 0.320 e. The molecule has 11 nitrogen and oxygen atoms in total. The Hall–Kier alpha value is -3.41. The van der Waals surface area contributed by atoms with Crippen molar-refractivity contribution in [3.8, 4) is 0 Å². The first kappa shape index (κ1) is 15.5. The Morgan fingerprint density at radius 2 is 2.04 bits per heavy atom. The number of aromatic nitrogens is 3. The van der Waals surface area contributed by atoms with Crippen LogP contribution in [0.25, 0.3) is 10.2 Å². The van der Waals surface area contributed by atoms with Gasteiger partial charge in [-0.05, 0) is 6.07 Å². The molecule has 0 saturated carbocycles. The molecule has 0 radical (unpaired) electrons. The molecule has 0 atom stereocenters. The fraction of sp³-hybridized carbons (Fsp3) is 0.0833. The van der Waals surface area contributed by atoms with Gasteiger partial charge < -0.3 is 0 Å². The molecule has 0 bridgehead atoms. The number of carbonyl (C=O) groups is 1. The Morgan fingerprint density at radius 3 is 2.71 bits per heavy atom. The van der Waals surface area contributed by atoms with Crippen LogP contribution in [0.4, 0.5) is 16.5 Å². The number of aryl methyl sites for hydroxylation is 1. The molecule has 24 heavy (non-hydrogen) atoms. The average molecular weight is 348 g/mol. The summed E-state index contributed by atoms with van der Waals surface area (Å²) in [6.45, 7) is 0. The summed E-state index contributed by atoms with van der Waals surface area (Å²) < 4.78 is 1.60. The van der Waals surface area contributed by atoms with Crippen LogP contribution in [0, 0.1) is 20.2 Å². The first-order valence-electron chi connectivity index (χ1n) is 6.39. The number of thiazole rings is 1. The van der Waals surface area contributed by atoms with Crippen molar-refractivity contribution in [2.24, 2.45) is 7.05 Å². The molecule has 0 fully saturated rings. The number of rotatable bonds is 4. The second-order valence-corrected chi connectivity index (χ2v) is 5.67. The zero-order chi connectivity index (χ0) is 17.4. The molecule has 0 aliphatic carbocycles. The number of fused-ring (bicyclic) bond motifs is 1. The largest absolute Gasteiger partial charge is 0.320 e. The Bertz CT molecular complexity index is 993. The zero-order valence-electron chi connectivity index (χ0n) is 12.0. The number of carbonyl (C=O) groups excluding carboxylic acids is 1. The van der Waals surface area contributed by atoms with Crippen molar-refractivity contribution >= 4 is 44.0 Å². The number of nitro groups is 2. The Labute approximate surface area is 136 Å². The van der Waals surface area contributed by atoms with Gasteiger partial charge in [-0.25, -0.2) is 4.98 Å². The maximum atomic E-state index is 12.3. The molecule has 0 aliphatic heterocycles. The number of hydrogen-bond donors (Lipinski definition) is 1. The van der Waals surface area contributed by atoms with E-state index in [9.17, 15) is 25.0 Å². The van der Waals surface area contributed by atoms with E-state index in [-0.39, 0.29) is 16.5 Å². The Balaban J connectivity index is 1.92. The molecule has 12 heteroatoms. The van der Waals surface area contributed by atoms with E-state index < -0.39 is 21.4 Å². The van der Waals surface area contributed by atoms with Crippen LogP contribution in [0.5, 0.6) is 0 Å². The van der Waals surface area contributed by atoms with Crippen LogP contribution >= 0.6 is 11.3 Å². The van der Waals surface area contributed by atoms with Crippen LogP contribution in [0.3, 0.4) is 0 Å². The van der Waals surface area contributed by atoms with Gasteiger partial charge in [-0.1, -0.05) is 11.3 Å². The third-order valence-electron chi connectivity index (χ3n) is 3.13. The predicted molar refractivity (Wildman–Crippen MR) is 84.1 cm³/mol. The predicted octanol–water partition coefficient (Wildman–Crippen LogP) is 2.10. The second-order valence-electron chi connectivity index (χ2n) is 4.64. The molecule has 0 unspecified atom stereocenters. The van der Waals surface area contributed by atoms with E-state index in [0.717, 1.165) is 22.2 Å². The first-order valence-corrected chi connectivity index (χ1v) is 7.21. The summed E-state index contributed by atoms with van der Waals surface area (Å²) in [7, 11) is 1.41. The van der Waals surface area contributed by atoms with Crippen molar-refractivity contribution in [3.63, 3.8) is 0 Å². The van der Waals surface area contributed by atoms with Crippen LogP contribution in [-0.2, 0) is 7.05 Å². The summed E-state index contributed by atoms with van der Waals surface area (Å²) in [6, 6.07) is 4.11. The molecular formula is C12H8N6O5S. The summed E-state index contributed by atoms with van der Waals surface area (Å²) in [4.78, 5) is 36.9. The van der Waals surface area contributed by atoms with Gasteiger partial charge in [0.2, 0.25) is 5.69 Å². The highest BCUT2D eigenvalue weighted by Gasteiger charge is 2.26. The van der Waals surface area contributed by atoms with Crippen LogP contribution in [0.2, 0.25) is 0 Å². The van der Waals surface area contributed by atoms with Crippen LogP contribution in [0.15, 0.2) is 24.4 Å². The topological polar surface area (TPSA) is 146 Å². The molecule has 1 amide bonds. The lowest BCUT2D eigenvalue weighted by atomic mass is 10.3. The number of hydrogen-bond acceptors (Lipinski definition) is 8. The van der Waals surface area contributed by atoms with E-state index in [1.807, 2.05) is 0 Å². The SMILES string of the molecule is Cn1ncc([N+](=O)[O-])c1C(=O)Nc1nc2ccc([N+](=O)[O-])cc2s1. The van der Waals surface area contributed by atoms with Gasteiger partial charge in [0.1, 0.15) is 6.20 Å². The van der Waals surface area contributed by atoms with E-state index in [0.29, 0.717) is 10.2 Å². The lowest BCUT2D eigenvalue weighted by Crippen LogP contribution is -2.17. The number of benzene rings is 1. The zero-order valence-corrected chi connectivity index (χ0v) is 12.8. The Kier molecular flexibility index (Phi) is 3.65. The normalized spacial score (nSPS) is 10.7. The van der Waals surface area contributed by atoms with Gasteiger partial charge in [-0.15, -0.1) is 0 Å². The van der Waals surface area contributed by atoms with Gasteiger partial charge >= 0.3 is 5.69 Å². The quantitative estimate of drug-likeness (QED) is 0.561. The highest BCUT2D eigenvalue weighted by Crippen LogP contribution is 2.29. The average Bonchev–Trinajstić information content (AvgIpc) is 3.08. The van der Waals surface area contributed by atoms with Crippen molar-refractivity contribution in [1.82, 2.24) is 14.8 Å². The molecular weight excluding hydrogens is 340 g/mol. The number of nitro benzene ring substituents is 1. The molecule has 3 aromatic rings. The smallest absolute Gasteiger partial charge is 0.296 e. The number of nitrogens with one attached hydrogen (secondary N) is 1. The lowest BCUT2D eigenvalue weighted by molar-refractivity contribution is -0.385. The fourth-order valence-electron chi connectivity index (χ4n) is 2.06. The molecule has 0 spiro atoms. The molecule has 3 rings (SSSR count). The maximum absolute atomic E-state index is 12.3. The minimum absolute atomic E-state index is 0.0914. The standard InChI is InChI=1S/C12H8N6O5S/c1-16-10(8(5-13-16)18(22)23)11(19)15-12-14-7-3-2-6(17(20)21)4-9(7)24-12/h2-5H,1H3,(H,14,15,19). The Morgan fingerprint density at radius 1 is 1.29 bits per heavy atom. The molecule has 2 heterocycles. The summed E-state index contributed by atoms with van der Waals surface area (Å²) in [5.41, 5.74) is -0.260. The number of anilines is 1. The van der Waals surface area contributed by atoms with E-state index in [2.05, 4.69) is 15.4 Å². The third kappa shape index (κ3) is 2.65. The van der Waals surface area contributed by atoms with E-state index in [1.54, 1.807) is 0 Å². The monoisotopic (exact) mass is 348 g/mol. The summed E-state index contributed by atoms with van der Waals surface area (Å²) in [5.74, 6) is -0.741. The van der Waals surface area contributed by atoms with Crippen LogP contribution in [-0.4, -0.2) is 30.5 Å². The number of amides is 1. The number of non-ortho nitro benzene ring substituents is 1. The molecule has 2 aromatic heterocycles. The highest BCUT2D eigenvalue weighted by atomic mass is 32.1. The van der Waals surface area contributed by atoms with E-state index in [4.69, 9.17) is 0 Å². The van der Waals surface area contributed by atoms with Gasteiger partial charge in [-0.2, -0.15) is 5.10 Å². The second kappa shape index (κ2) is 5.66. The summed E-state index contributed by atoms with van der Waals surface area (Å²) in [6.07, 6.45) is 0.983. The van der Waals surface area contributed by atoms with E-state index in [1.165, 1.54) is 25.2 Å². The van der Waals surface area contributed by atoms with Crippen LogP contribution in [0.1, 0.15) is 10.5 Å². The number of nitrogens with zero attached hydrogens (tertiary/aromatic N) is 5. The van der Waals surface area contributed by atoms with Crippen molar-refractivity contribution < 1.29 is 14.6 Å². The summed E-state index contributed by atoms with van der Waals surface area (Å²) in [5, 5.41) is 28.0. The third-order valence-corrected chi connectivity index (χ3v) is 4.07. The van der Waals surface area contributed by atoms with Gasteiger partial charge in [0.15, 0.2) is 5.13 Å². The van der Waals surface area contributed by atoms with Gasteiger partial charge in [0, 0.05) is 19.2 Å². The summed E-state index contributed by atoms with van der Waals surface area (Å²) >= 11 is 1.03. The van der Waals surface area contributed by atoms with Crippen molar-refractivity contribution in [3.05, 3.63) is 50.3 Å². The molecule has 122 valence electrons. The first-order chi connectivity index (χ1) is 11.4. The van der Waals surface area contributed by atoms with Crippen molar-refractivity contribution in [2.75, 3.05) is 5.32 Å². The van der Waals surface area contributed by atoms with Crippen LogP contribution < -0.4 is 5.32 Å². The molecule has 1 N–H and O–H groups in total. The van der Waals surface area contributed by atoms with Gasteiger partial charge in [0.05, 0.1) is 20.1 Å². The highest BCUT2D eigenvalue weighted by molar-refractivity contribution is 7.22. The minimum Gasteiger partial charge on any atom is -0.296 e.